The van der Waals surface area contributed by atoms with Crippen LogP contribution in [0.1, 0.15) is 43.2 Å². The van der Waals surface area contributed by atoms with Crippen molar-refractivity contribution < 1.29 is 4.42 Å². The predicted octanol–water partition coefficient (Wildman–Crippen LogP) is 11.7. The maximum atomic E-state index is 6.65. The lowest BCUT2D eigenvalue weighted by molar-refractivity contribution is 0.353. The van der Waals surface area contributed by atoms with E-state index in [1.807, 2.05) is 60.7 Å². The van der Waals surface area contributed by atoms with E-state index in [2.05, 4.69) is 78.9 Å². The van der Waals surface area contributed by atoms with E-state index >= 15 is 0 Å². The smallest absolute Gasteiger partial charge is 0.164 e. The molecule has 10 rings (SSSR count). The van der Waals surface area contributed by atoms with Crippen LogP contribution in [0.2, 0.25) is 0 Å². The predicted molar refractivity (Wildman–Crippen MR) is 198 cm³/mol. The molecule has 0 aliphatic heterocycles. The molecule has 0 saturated heterocycles. The van der Waals surface area contributed by atoms with Gasteiger partial charge in [0.25, 0.3) is 0 Å². The molecule has 0 N–H and O–H groups in total. The molecule has 234 valence electrons. The lowest BCUT2D eigenvalue weighted by Crippen LogP contribution is -2.28. The van der Waals surface area contributed by atoms with E-state index in [0.29, 0.717) is 17.5 Å². The molecular weight excluding hydrogens is 599 g/mol. The topological polar surface area (TPSA) is 51.8 Å². The molecule has 0 amide bonds. The lowest BCUT2D eigenvalue weighted by Gasteiger charge is -2.37. The second-order valence-electron chi connectivity index (χ2n) is 13.5. The monoisotopic (exact) mass is 631 g/mol. The highest BCUT2D eigenvalue weighted by atomic mass is 16.3. The van der Waals surface area contributed by atoms with Gasteiger partial charge in [-0.3, -0.25) is 0 Å². The van der Waals surface area contributed by atoms with E-state index in [9.17, 15) is 0 Å². The summed E-state index contributed by atoms with van der Waals surface area (Å²) in [7, 11) is 0. The molecule has 2 aliphatic rings. The normalized spacial score (nSPS) is 14.7. The number of hydrogen-bond donors (Lipinski definition) is 0. The third kappa shape index (κ3) is 4.48. The molecule has 1 fully saturated rings. The molecule has 6 aromatic carbocycles. The first-order valence-electron chi connectivity index (χ1n) is 17.3. The Morgan fingerprint density at radius 2 is 0.959 bits per heavy atom. The third-order valence-electron chi connectivity index (χ3n) is 10.7. The molecule has 2 aliphatic carbocycles. The number of furan rings is 1. The van der Waals surface area contributed by atoms with Gasteiger partial charge in [0.05, 0.1) is 0 Å². The quantitative estimate of drug-likeness (QED) is 0.194. The zero-order valence-electron chi connectivity index (χ0n) is 27.1. The highest BCUT2D eigenvalue weighted by Crippen LogP contribution is 2.58. The molecule has 2 heterocycles. The van der Waals surface area contributed by atoms with Crippen molar-refractivity contribution in [3.63, 3.8) is 0 Å². The summed E-state index contributed by atoms with van der Waals surface area (Å²) in [6.07, 6.45) is 6.28. The van der Waals surface area contributed by atoms with Gasteiger partial charge in [0.1, 0.15) is 11.2 Å². The van der Waals surface area contributed by atoms with E-state index in [-0.39, 0.29) is 5.41 Å². The lowest BCUT2D eigenvalue weighted by atomic mass is 9.66. The molecule has 8 aromatic rings. The second-order valence-corrected chi connectivity index (χ2v) is 13.5. The highest BCUT2D eigenvalue weighted by molar-refractivity contribution is 6.07. The summed E-state index contributed by atoms with van der Waals surface area (Å²) >= 11 is 0. The molecule has 0 radical (unpaired) electrons. The van der Waals surface area contributed by atoms with Crippen molar-refractivity contribution >= 4 is 21.9 Å². The van der Waals surface area contributed by atoms with Crippen molar-refractivity contribution in [2.24, 2.45) is 0 Å². The van der Waals surface area contributed by atoms with Crippen molar-refractivity contribution in [1.29, 1.82) is 0 Å². The molecule has 0 atom stereocenters. The number of aromatic nitrogens is 3. The van der Waals surface area contributed by atoms with Gasteiger partial charge in [0, 0.05) is 32.9 Å². The largest absolute Gasteiger partial charge is 0.456 e. The first-order valence-corrected chi connectivity index (χ1v) is 17.3. The van der Waals surface area contributed by atoms with Gasteiger partial charge < -0.3 is 4.42 Å². The minimum atomic E-state index is 0.0836. The van der Waals surface area contributed by atoms with E-state index in [0.717, 1.165) is 38.6 Å². The van der Waals surface area contributed by atoms with Gasteiger partial charge in [0.15, 0.2) is 17.5 Å². The Balaban J connectivity index is 1.09. The van der Waals surface area contributed by atoms with E-state index in [4.69, 9.17) is 19.4 Å². The van der Waals surface area contributed by atoms with Crippen LogP contribution in [0.3, 0.4) is 0 Å². The van der Waals surface area contributed by atoms with Crippen molar-refractivity contribution in [3.05, 3.63) is 151 Å². The third-order valence-corrected chi connectivity index (χ3v) is 10.7. The van der Waals surface area contributed by atoms with Crippen molar-refractivity contribution in [3.8, 4) is 56.4 Å². The number of rotatable bonds is 4. The molecule has 1 saturated carbocycles. The van der Waals surface area contributed by atoms with Gasteiger partial charge >= 0.3 is 0 Å². The summed E-state index contributed by atoms with van der Waals surface area (Å²) < 4.78 is 6.65. The van der Waals surface area contributed by atoms with Crippen LogP contribution < -0.4 is 0 Å². The molecule has 1 spiro atoms. The van der Waals surface area contributed by atoms with Crippen LogP contribution in [0.25, 0.3) is 78.4 Å². The van der Waals surface area contributed by atoms with Crippen LogP contribution in [0.4, 0.5) is 0 Å². The Bertz CT molecular complexity index is 2470. The summed E-state index contributed by atoms with van der Waals surface area (Å²) in [5, 5.41) is 2.19. The van der Waals surface area contributed by atoms with Crippen molar-refractivity contribution in [2.45, 2.75) is 37.5 Å². The molecule has 4 heteroatoms. The fourth-order valence-corrected chi connectivity index (χ4v) is 8.50. The summed E-state index contributed by atoms with van der Waals surface area (Å²) in [6, 6.07) is 49.2. The van der Waals surface area contributed by atoms with Gasteiger partial charge in [-0.25, -0.2) is 15.0 Å². The Morgan fingerprint density at radius 3 is 1.63 bits per heavy atom. The van der Waals surface area contributed by atoms with E-state index in [1.165, 1.54) is 65.5 Å². The minimum absolute atomic E-state index is 0.0836. The van der Waals surface area contributed by atoms with E-state index < -0.39 is 0 Å². The average Bonchev–Trinajstić information content (AvgIpc) is 3.68. The first kappa shape index (κ1) is 28.2. The van der Waals surface area contributed by atoms with Crippen LogP contribution >= 0.6 is 0 Å². The van der Waals surface area contributed by atoms with Crippen molar-refractivity contribution in [2.75, 3.05) is 0 Å². The molecule has 49 heavy (non-hydrogen) atoms. The SMILES string of the molecule is c1ccc(-c2nc(-c3ccccc3)nc(-c3ccc4c(c3)oc3cc(-c5cccc6c5C5(CCCCC5)c5ccccc5-6)ccc34)n2)cc1. The Labute approximate surface area is 285 Å². The Morgan fingerprint density at radius 1 is 0.429 bits per heavy atom. The molecule has 4 nitrogen and oxygen atoms in total. The summed E-state index contributed by atoms with van der Waals surface area (Å²) in [5.74, 6) is 1.91. The first-order chi connectivity index (χ1) is 24.2. The standard InChI is InChI=1S/C45H33N3O/c1-4-13-29(14-5-1)42-46-43(30-15-6-2-7-16-30)48-44(47-42)32-22-24-36-35-23-21-31(27-39(35)49-40(36)28-32)33-18-12-19-37-34-17-8-9-20-38(34)45(41(33)37)25-10-3-11-26-45/h1-2,4-9,12-24,27-28H,3,10-11,25-26H2. The Kier molecular flexibility index (Phi) is 6.38. The Hall–Kier alpha value is -5.87. The zero-order chi connectivity index (χ0) is 32.4. The van der Waals surface area contributed by atoms with E-state index in [1.54, 1.807) is 0 Å². The number of benzene rings is 6. The van der Waals surface area contributed by atoms with Crippen LogP contribution in [0, 0.1) is 0 Å². The van der Waals surface area contributed by atoms with Crippen LogP contribution in [-0.4, -0.2) is 15.0 Å². The summed E-state index contributed by atoms with van der Waals surface area (Å²) in [5.41, 5.74) is 12.9. The molecule has 0 bridgehead atoms. The highest BCUT2D eigenvalue weighted by Gasteiger charge is 2.45. The van der Waals surface area contributed by atoms with Crippen LogP contribution in [0.15, 0.2) is 144 Å². The number of hydrogen-bond acceptors (Lipinski definition) is 4. The molecule has 2 aromatic heterocycles. The molecular formula is C45H33N3O. The summed E-state index contributed by atoms with van der Waals surface area (Å²) in [4.78, 5) is 14.7. The second kappa shape index (κ2) is 11.1. The average molecular weight is 632 g/mol. The van der Waals surface area contributed by atoms with Gasteiger partial charge in [0.2, 0.25) is 0 Å². The minimum Gasteiger partial charge on any atom is -0.456 e. The fourth-order valence-electron chi connectivity index (χ4n) is 8.50. The van der Waals surface area contributed by atoms with Crippen molar-refractivity contribution in [1.82, 2.24) is 15.0 Å². The fraction of sp³-hybridized carbons (Fsp3) is 0.133. The number of nitrogens with zero attached hydrogens (tertiary/aromatic N) is 3. The van der Waals surface area contributed by atoms with Gasteiger partial charge in [-0.05, 0) is 70.5 Å². The van der Waals surface area contributed by atoms with Gasteiger partial charge in [-0.2, -0.15) is 0 Å². The van der Waals surface area contributed by atoms with Crippen LogP contribution in [-0.2, 0) is 5.41 Å². The molecule has 0 unspecified atom stereocenters. The number of fused-ring (bicyclic) bond motifs is 8. The maximum Gasteiger partial charge on any atom is 0.164 e. The maximum absolute atomic E-state index is 6.65. The summed E-state index contributed by atoms with van der Waals surface area (Å²) in [6.45, 7) is 0. The van der Waals surface area contributed by atoms with Crippen LogP contribution in [0.5, 0.6) is 0 Å². The van der Waals surface area contributed by atoms with Gasteiger partial charge in [-0.15, -0.1) is 0 Å². The van der Waals surface area contributed by atoms with Gasteiger partial charge in [-0.1, -0.05) is 135 Å². The zero-order valence-corrected chi connectivity index (χ0v) is 27.1.